The predicted octanol–water partition coefficient (Wildman–Crippen LogP) is 3.08. The summed E-state index contributed by atoms with van der Waals surface area (Å²) < 4.78 is 4.47. The Hall–Kier alpha value is -2.20. The summed E-state index contributed by atoms with van der Waals surface area (Å²) in [6.45, 7) is 2.01. The van der Waals surface area contributed by atoms with E-state index < -0.39 is 10.9 Å². The summed E-state index contributed by atoms with van der Waals surface area (Å²) in [7, 11) is 1.18. The van der Waals surface area contributed by atoms with Gasteiger partial charge in [-0.3, -0.25) is 10.1 Å². The highest BCUT2D eigenvalue weighted by atomic mass is 32.1. The summed E-state index contributed by atoms with van der Waals surface area (Å²) in [6, 6.07) is 3.11. The van der Waals surface area contributed by atoms with E-state index >= 15 is 0 Å². The van der Waals surface area contributed by atoms with Gasteiger partial charge < -0.3 is 4.74 Å². The van der Waals surface area contributed by atoms with Gasteiger partial charge in [0.15, 0.2) is 0 Å². The van der Waals surface area contributed by atoms with E-state index in [-0.39, 0.29) is 11.3 Å². The number of esters is 1. The lowest BCUT2D eigenvalue weighted by atomic mass is 10.2. The molecule has 0 aliphatic heterocycles. The molecule has 0 N–H and O–H groups in total. The molecule has 7 heteroatoms. The number of nitro groups is 1. The van der Waals surface area contributed by atoms with Gasteiger partial charge in [-0.25, -0.2) is 4.79 Å². The highest BCUT2D eigenvalue weighted by Gasteiger charge is 2.19. The van der Waals surface area contributed by atoms with Gasteiger partial charge in [-0.2, -0.15) is 5.26 Å². The SMILES string of the molecule is CCCCc1sc(C=C(C#N)C(=O)OC)cc1[N+](=O)[O-]. The van der Waals surface area contributed by atoms with Crippen molar-refractivity contribution in [3.8, 4) is 6.07 Å². The Kier molecular flexibility index (Phi) is 5.87. The fourth-order valence-electron chi connectivity index (χ4n) is 1.57. The highest BCUT2D eigenvalue weighted by Crippen LogP contribution is 2.32. The molecule has 0 saturated heterocycles. The Morgan fingerprint density at radius 2 is 2.35 bits per heavy atom. The molecule has 1 rings (SSSR count). The van der Waals surface area contributed by atoms with Gasteiger partial charge in [-0.05, 0) is 18.9 Å². The molecule has 0 aliphatic carbocycles. The number of hydrogen-bond acceptors (Lipinski definition) is 6. The first-order chi connectivity index (χ1) is 9.53. The first-order valence-electron chi connectivity index (χ1n) is 6.00. The summed E-state index contributed by atoms with van der Waals surface area (Å²) in [4.78, 5) is 23.0. The van der Waals surface area contributed by atoms with E-state index in [9.17, 15) is 14.9 Å². The Bertz CT molecular complexity index is 584. The molecule has 0 aliphatic rings. The first kappa shape index (κ1) is 15.9. The number of unbranched alkanes of at least 4 members (excludes halogenated alkanes) is 1. The maximum Gasteiger partial charge on any atom is 0.348 e. The maximum atomic E-state index is 11.3. The second-order valence-corrected chi connectivity index (χ2v) is 5.15. The smallest absolute Gasteiger partial charge is 0.348 e. The van der Waals surface area contributed by atoms with Crippen LogP contribution in [0.4, 0.5) is 5.69 Å². The lowest BCUT2D eigenvalue weighted by Crippen LogP contribution is -2.02. The molecule has 0 atom stereocenters. The van der Waals surface area contributed by atoms with Gasteiger partial charge in [0.05, 0.1) is 16.9 Å². The van der Waals surface area contributed by atoms with Crippen molar-refractivity contribution in [3.05, 3.63) is 31.5 Å². The molecule has 0 saturated carbocycles. The third kappa shape index (κ3) is 3.90. The van der Waals surface area contributed by atoms with E-state index in [0.717, 1.165) is 12.8 Å². The summed E-state index contributed by atoms with van der Waals surface area (Å²) in [6.07, 6.45) is 3.73. The monoisotopic (exact) mass is 294 g/mol. The fourth-order valence-corrected chi connectivity index (χ4v) is 2.69. The molecule has 1 heterocycles. The van der Waals surface area contributed by atoms with Crippen molar-refractivity contribution in [2.45, 2.75) is 26.2 Å². The number of hydrogen-bond donors (Lipinski definition) is 0. The Morgan fingerprint density at radius 3 is 2.85 bits per heavy atom. The van der Waals surface area contributed by atoms with Crippen LogP contribution < -0.4 is 0 Å². The third-order valence-corrected chi connectivity index (χ3v) is 3.70. The van der Waals surface area contributed by atoms with Crippen LogP contribution in [0.1, 0.15) is 29.5 Å². The van der Waals surface area contributed by atoms with Crippen LogP contribution in [0.3, 0.4) is 0 Å². The van der Waals surface area contributed by atoms with Crippen LogP contribution >= 0.6 is 11.3 Å². The normalized spacial score (nSPS) is 10.9. The van der Waals surface area contributed by atoms with Crippen LogP contribution in [0.15, 0.2) is 11.6 Å². The Balaban J connectivity index is 3.14. The summed E-state index contributed by atoms with van der Waals surface area (Å²) >= 11 is 1.22. The molecule has 0 bridgehead atoms. The van der Waals surface area contributed by atoms with Crippen LogP contribution in [-0.2, 0) is 16.0 Å². The lowest BCUT2D eigenvalue weighted by Gasteiger charge is -1.94. The zero-order valence-corrected chi connectivity index (χ0v) is 12.0. The highest BCUT2D eigenvalue weighted by molar-refractivity contribution is 7.13. The number of thiophene rings is 1. The topological polar surface area (TPSA) is 93.2 Å². The van der Waals surface area contributed by atoms with Gasteiger partial charge in [0.1, 0.15) is 11.6 Å². The minimum atomic E-state index is -0.751. The summed E-state index contributed by atoms with van der Waals surface area (Å²) in [5, 5.41) is 19.8. The number of carbonyl (C=O) groups is 1. The van der Waals surface area contributed by atoms with Crippen molar-refractivity contribution in [1.29, 1.82) is 5.26 Å². The van der Waals surface area contributed by atoms with E-state index in [1.807, 2.05) is 6.92 Å². The van der Waals surface area contributed by atoms with Crippen LogP contribution in [0.2, 0.25) is 0 Å². The van der Waals surface area contributed by atoms with Crippen LogP contribution in [-0.4, -0.2) is 18.0 Å². The van der Waals surface area contributed by atoms with E-state index in [1.165, 1.54) is 30.6 Å². The second-order valence-electron chi connectivity index (χ2n) is 3.98. The van der Waals surface area contributed by atoms with Crippen molar-refractivity contribution in [3.63, 3.8) is 0 Å². The van der Waals surface area contributed by atoms with Gasteiger partial charge >= 0.3 is 5.97 Å². The molecule has 20 heavy (non-hydrogen) atoms. The largest absolute Gasteiger partial charge is 0.465 e. The zero-order valence-electron chi connectivity index (χ0n) is 11.2. The molecule has 1 aromatic heterocycles. The second kappa shape index (κ2) is 7.40. The minimum Gasteiger partial charge on any atom is -0.465 e. The standard InChI is InChI=1S/C13H14N2O4S/c1-3-4-5-12-11(15(17)18)7-10(20-12)6-9(8-14)13(16)19-2/h6-7H,3-5H2,1-2H3. The van der Waals surface area contributed by atoms with Gasteiger partial charge in [0, 0.05) is 10.9 Å². The van der Waals surface area contributed by atoms with Crippen molar-refractivity contribution < 1.29 is 14.5 Å². The summed E-state index contributed by atoms with van der Waals surface area (Å²) in [5.74, 6) is -0.751. The van der Waals surface area contributed by atoms with Crippen molar-refractivity contribution in [2.24, 2.45) is 0 Å². The van der Waals surface area contributed by atoms with E-state index in [0.29, 0.717) is 16.2 Å². The number of nitrogens with zero attached hydrogens (tertiary/aromatic N) is 2. The van der Waals surface area contributed by atoms with Gasteiger partial charge in [0.25, 0.3) is 5.69 Å². The molecule has 0 aromatic carbocycles. The zero-order chi connectivity index (χ0) is 15.1. The number of rotatable bonds is 6. The van der Waals surface area contributed by atoms with Gasteiger partial charge in [-0.15, -0.1) is 11.3 Å². The molecule has 0 radical (unpaired) electrons. The van der Waals surface area contributed by atoms with Gasteiger partial charge in [-0.1, -0.05) is 13.3 Å². The number of methoxy groups -OCH3 is 1. The Labute approximate surface area is 120 Å². The average Bonchev–Trinajstić information content (AvgIpc) is 2.84. The number of nitriles is 1. The van der Waals surface area contributed by atoms with Crippen molar-refractivity contribution in [1.82, 2.24) is 0 Å². The van der Waals surface area contributed by atoms with E-state index in [4.69, 9.17) is 5.26 Å². The number of aryl methyl sites for hydroxylation is 1. The van der Waals surface area contributed by atoms with Crippen molar-refractivity contribution in [2.75, 3.05) is 7.11 Å². The Morgan fingerprint density at radius 1 is 1.65 bits per heavy atom. The molecule has 0 fully saturated rings. The van der Waals surface area contributed by atoms with E-state index in [1.54, 1.807) is 6.07 Å². The quantitative estimate of drug-likeness (QED) is 0.264. The van der Waals surface area contributed by atoms with Crippen LogP contribution in [0.25, 0.3) is 6.08 Å². The average molecular weight is 294 g/mol. The minimum absolute atomic E-state index is 0.0388. The molecular weight excluding hydrogens is 280 g/mol. The number of carbonyl (C=O) groups excluding carboxylic acids is 1. The predicted molar refractivity (Wildman–Crippen MR) is 75.2 cm³/mol. The molecule has 0 amide bonds. The number of ether oxygens (including phenoxy) is 1. The van der Waals surface area contributed by atoms with E-state index in [2.05, 4.69) is 4.74 Å². The molecule has 6 nitrogen and oxygen atoms in total. The molecule has 0 unspecified atom stereocenters. The van der Waals surface area contributed by atoms with Gasteiger partial charge in [0.2, 0.25) is 0 Å². The van der Waals surface area contributed by atoms with Crippen LogP contribution in [0.5, 0.6) is 0 Å². The molecule has 0 spiro atoms. The van der Waals surface area contributed by atoms with Crippen LogP contribution in [0, 0.1) is 21.4 Å². The molecule has 106 valence electrons. The molecule has 1 aromatic rings. The third-order valence-electron chi connectivity index (χ3n) is 2.57. The summed E-state index contributed by atoms with van der Waals surface area (Å²) in [5.41, 5.74) is -0.137. The molecular formula is C13H14N2O4S. The van der Waals surface area contributed by atoms with Crippen molar-refractivity contribution >= 4 is 29.1 Å². The fraction of sp³-hybridized carbons (Fsp3) is 0.385. The first-order valence-corrected chi connectivity index (χ1v) is 6.82. The maximum absolute atomic E-state index is 11.3. The lowest BCUT2D eigenvalue weighted by molar-refractivity contribution is -0.385.